The number of nitrogen functional groups attached to an aromatic ring is 1. The summed E-state index contributed by atoms with van der Waals surface area (Å²) in [6, 6.07) is 3.38. The second-order valence-corrected chi connectivity index (χ2v) is 2.62. The van der Waals surface area contributed by atoms with Crippen LogP contribution in [0.4, 0.5) is 0 Å². The van der Waals surface area contributed by atoms with E-state index in [2.05, 4.69) is 15.2 Å². The molecule has 0 spiro atoms. The monoisotopic (exact) mass is 205 g/mol. The number of rotatable bonds is 2. The lowest BCUT2D eigenvalue weighted by Gasteiger charge is -1.92. The van der Waals surface area contributed by atoms with E-state index in [0.29, 0.717) is 5.56 Å². The average Bonchev–Trinajstić information content (AvgIpc) is 2.78. The van der Waals surface area contributed by atoms with Crippen molar-refractivity contribution >= 4 is 5.91 Å². The average molecular weight is 205 g/mol. The fourth-order valence-corrected chi connectivity index (χ4v) is 0.988. The quantitative estimate of drug-likeness (QED) is 0.397. The second-order valence-electron chi connectivity index (χ2n) is 2.62. The van der Waals surface area contributed by atoms with Crippen molar-refractivity contribution in [2.24, 2.45) is 5.84 Å². The summed E-state index contributed by atoms with van der Waals surface area (Å²) in [7, 11) is 0. The van der Waals surface area contributed by atoms with Crippen molar-refractivity contribution in [2.75, 3.05) is 0 Å². The molecule has 2 rings (SSSR count). The van der Waals surface area contributed by atoms with Crippen molar-refractivity contribution in [3.05, 3.63) is 30.4 Å². The van der Waals surface area contributed by atoms with Crippen LogP contribution >= 0.6 is 0 Å². The fourth-order valence-electron chi connectivity index (χ4n) is 0.988. The molecule has 2 heterocycles. The highest BCUT2D eigenvalue weighted by Gasteiger charge is 2.13. The number of nitrogens with zero attached hydrogens (tertiary/aromatic N) is 3. The number of nitrogens with one attached hydrogen (secondary N) is 1. The normalized spacial score (nSPS) is 9.93. The third kappa shape index (κ3) is 1.81. The number of amides is 1. The summed E-state index contributed by atoms with van der Waals surface area (Å²) in [5.41, 5.74) is 2.59. The zero-order chi connectivity index (χ0) is 10.7. The molecule has 3 N–H and O–H groups in total. The summed E-state index contributed by atoms with van der Waals surface area (Å²) in [4.78, 5) is 14.9. The van der Waals surface area contributed by atoms with Gasteiger partial charge in [0.2, 0.25) is 5.89 Å². The number of carbonyl (C=O) groups excluding carboxylic acids is 1. The molecule has 0 saturated heterocycles. The SMILES string of the molecule is NNC(=O)c1nnc(-c2ccncc2)o1. The maximum atomic E-state index is 11.0. The number of hydrazine groups is 1. The van der Waals surface area contributed by atoms with Crippen LogP contribution in [0.25, 0.3) is 11.5 Å². The lowest BCUT2D eigenvalue weighted by Crippen LogP contribution is -2.30. The van der Waals surface area contributed by atoms with E-state index in [0.717, 1.165) is 0 Å². The molecule has 0 unspecified atom stereocenters. The Kier molecular flexibility index (Phi) is 2.38. The van der Waals surface area contributed by atoms with Gasteiger partial charge in [0.25, 0.3) is 0 Å². The van der Waals surface area contributed by atoms with Crippen molar-refractivity contribution in [1.82, 2.24) is 20.6 Å². The zero-order valence-corrected chi connectivity index (χ0v) is 7.54. The molecule has 0 aromatic carbocycles. The molecule has 0 saturated carbocycles. The number of aromatic nitrogens is 3. The zero-order valence-electron chi connectivity index (χ0n) is 7.54. The van der Waals surface area contributed by atoms with Crippen LogP contribution in [-0.4, -0.2) is 21.1 Å². The Morgan fingerprint density at radius 1 is 1.33 bits per heavy atom. The van der Waals surface area contributed by atoms with Crippen LogP contribution in [0.15, 0.2) is 28.9 Å². The first-order valence-corrected chi connectivity index (χ1v) is 4.06. The molecular weight excluding hydrogens is 198 g/mol. The van der Waals surface area contributed by atoms with Crippen LogP contribution in [0.2, 0.25) is 0 Å². The van der Waals surface area contributed by atoms with Gasteiger partial charge in [-0.05, 0) is 12.1 Å². The van der Waals surface area contributed by atoms with Crippen molar-refractivity contribution in [1.29, 1.82) is 0 Å². The summed E-state index contributed by atoms with van der Waals surface area (Å²) in [5.74, 6) is 4.36. The summed E-state index contributed by atoms with van der Waals surface area (Å²) in [6.45, 7) is 0. The molecule has 0 aliphatic heterocycles. The van der Waals surface area contributed by atoms with E-state index in [9.17, 15) is 4.79 Å². The van der Waals surface area contributed by atoms with Gasteiger partial charge in [0.05, 0.1) is 0 Å². The molecule has 2 aromatic heterocycles. The molecule has 0 fully saturated rings. The molecule has 0 aliphatic rings. The lowest BCUT2D eigenvalue weighted by atomic mass is 10.3. The third-order valence-corrected chi connectivity index (χ3v) is 1.68. The molecule has 15 heavy (non-hydrogen) atoms. The molecule has 1 amide bonds. The molecule has 0 atom stereocenters. The molecule has 0 aliphatic carbocycles. The second kappa shape index (κ2) is 3.84. The Morgan fingerprint density at radius 2 is 2.07 bits per heavy atom. The first-order chi connectivity index (χ1) is 7.31. The van der Waals surface area contributed by atoms with Crippen LogP contribution in [0.1, 0.15) is 10.7 Å². The highest BCUT2D eigenvalue weighted by atomic mass is 16.4. The Labute approximate surface area is 84.3 Å². The van der Waals surface area contributed by atoms with E-state index in [4.69, 9.17) is 10.3 Å². The number of carbonyl (C=O) groups is 1. The van der Waals surface area contributed by atoms with E-state index in [-0.39, 0.29) is 11.8 Å². The van der Waals surface area contributed by atoms with Crippen LogP contribution in [0.3, 0.4) is 0 Å². The van der Waals surface area contributed by atoms with E-state index in [1.165, 1.54) is 0 Å². The first kappa shape index (κ1) is 9.28. The third-order valence-electron chi connectivity index (χ3n) is 1.68. The number of hydrogen-bond acceptors (Lipinski definition) is 6. The minimum Gasteiger partial charge on any atom is -0.412 e. The predicted octanol–water partition coefficient (Wildman–Crippen LogP) is -0.265. The Hall–Kier alpha value is -2.28. The van der Waals surface area contributed by atoms with Gasteiger partial charge < -0.3 is 4.42 Å². The van der Waals surface area contributed by atoms with Gasteiger partial charge in [0, 0.05) is 18.0 Å². The number of nitrogens with two attached hydrogens (primary N) is 1. The highest BCUT2D eigenvalue weighted by molar-refractivity contribution is 5.89. The Bertz CT molecular complexity index is 467. The van der Waals surface area contributed by atoms with Crippen LogP contribution < -0.4 is 11.3 Å². The maximum absolute atomic E-state index is 11.0. The van der Waals surface area contributed by atoms with Gasteiger partial charge in [-0.25, -0.2) is 5.84 Å². The van der Waals surface area contributed by atoms with Crippen LogP contribution in [0.5, 0.6) is 0 Å². The van der Waals surface area contributed by atoms with E-state index in [1.54, 1.807) is 24.5 Å². The minimum atomic E-state index is -0.622. The van der Waals surface area contributed by atoms with Crippen molar-refractivity contribution in [2.45, 2.75) is 0 Å². The standard InChI is InChI=1S/C8H7N5O2/c9-11-6(14)8-13-12-7(15-8)5-1-3-10-4-2-5/h1-4H,9H2,(H,11,14). The maximum Gasteiger partial charge on any atom is 0.322 e. The molecule has 76 valence electrons. The van der Waals surface area contributed by atoms with E-state index >= 15 is 0 Å². The molecule has 2 aromatic rings. The topological polar surface area (TPSA) is 107 Å². The molecule has 7 heteroatoms. The molecule has 7 nitrogen and oxygen atoms in total. The van der Waals surface area contributed by atoms with Gasteiger partial charge in [0.15, 0.2) is 0 Å². The van der Waals surface area contributed by atoms with E-state index in [1.807, 2.05) is 5.43 Å². The largest absolute Gasteiger partial charge is 0.412 e. The minimum absolute atomic E-state index is 0.177. The lowest BCUT2D eigenvalue weighted by molar-refractivity contribution is 0.0919. The van der Waals surface area contributed by atoms with Crippen molar-refractivity contribution in [3.8, 4) is 11.5 Å². The highest BCUT2D eigenvalue weighted by Crippen LogP contribution is 2.15. The fraction of sp³-hybridized carbons (Fsp3) is 0. The van der Waals surface area contributed by atoms with Gasteiger partial charge in [-0.1, -0.05) is 0 Å². The molecular formula is C8H7N5O2. The Morgan fingerprint density at radius 3 is 2.73 bits per heavy atom. The number of pyridine rings is 1. The Balaban J connectivity index is 2.32. The summed E-state index contributed by atoms with van der Waals surface area (Å²) in [6.07, 6.45) is 3.17. The number of hydrogen-bond donors (Lipinski definition) is 2. The van der Waals surface area contributed by atoms with Gasteiger partial charge in [0.1, 0.15) is 0 Å². The smallest absolute Gasteiger partial charge is 0.322 e. The first-order valence-electron chi connectivity index (χ1n) is 4.06. The van der Waals surface area contributed by atoms with Crippen molar-refractivity contribution in [3.63, 3.8) is 0 Å². The summed E-state index contributed by atoms with van der Waals surface area (Å²) < 4.78 is 5.08. The van der Waals surface area contributed by atoms with Gasteiger partial charge in [-0.3, -0.25) is 15.2 Å². The van der Waals surface area contributed by atoms with Gasteiger partial charge >= 0.3 is 11.8 Å². The summed E-state index contributed by atoms with van der Waals surface area (Å²) in [5, 5.41) is 7.23. The van der Waals surface area contributed by atoms with Gasteiger partial charge in [-0.2, -0.15) is 0 Å². The summed E-state index contributed by atoms with van der Waals surface area (Å²) >= 11 is 0. The van der Waals surface area contributed by atoms with Gasteiger partial charge in [-0.15, -0.1) is 10.2 Å². The molecule has 0 bridgehead atoms. The van der Waals surface area contributed by atoms with Crippen molar-refractivity contribution < 1.29 is 9.21 Å². The van der Waals surface area contributed by atoms with E-state index < -0.39 is 5.91 Å². The molecule has 0 radical (unpaired) electrons. The predicted molar refractivity (Wildman–Crippen MR) is 49.2 cm³/mol. The van der Waals surface area contributed by atoms with Crippen LogP contribution in [0, 0.1) is 0 Å². The van der Waals surface area contributed by atoms with Crippen LogP contribution in [-0.2, 0) is 0 Å².